The maximum absolute atomic E-state index is 12.3. The van der Waals surface area contributed by atoms with E-state index in [4.69, 9.17) is 0 Å². The number of nitrogens with zero attached hydrogens (tertiary/aromatic N) is 2. The van der Waals surface area contributed by atoms with Crippen molar-refractivity contribution in [3.05, 3.63) is 52.4 Å². The molecular weight excluding hydrogens is 236 g/mol. The number of benzene rings is 1. The highest BCUT2D eigenvalue weighted by Crippen LogP contribution is 2.46. The number of para-hydroxylation sites is 1. The molecule has 0 amide bonds. The Morgan fingerprint density at radius 1 is 1.05 bits per heavy atom. The van der Waals surface area contributed by atoms with Crippen LogP contribution in [0.1, 0.15) is 37.3 Å². The molecule has 0 N–H and O–H groups in total. The minimum atomic E-state index is 0.119. The molecule has 1 atom stereocenters. The summed E-state index contributed by atoms with van der Waals surface area (Å²) in [5.74, 6) is 1.45. The highest BCUT2D eigenvalue weighted by molar-refractivity contribution is 5.32. The quantitative estimate of drug-likeness (QED) is 0.809. The zero-order chi connectivity index (χ0) is 12.8. The molecule has 3 nitrogen and oxygen atoms in total. The summed E-state index contributed by atoms with van der Waals surface area (Å²) in [5, 5.41) is 0. The zero-order valence-electron chi connectivity index (χ0n) is 11.0. The maximum Gasteiger partial charge on any atom is 0.271 e. The third-order valence-corrected chi connectivity index (χ3v) is 4.48. The van der Waals surface area contributed by atoms with Crippen LogP contribution < -0.4 is 5.56 Å². The highest BCUT2D eigenvalue weighted by atomic mass is 16.1. The molecule has 0 bridgehead atoms. The summed E-state index contributed by atoms with van der Waals surface area (Å²) in [4.78, 5) is 12.3. The van der Waals surface area contributed by atoms with Gasteiger partial charge in [-0.15, -0.1) is 0 Å². The van der Waals surface area contributed by atoms with Gasteiger partial charge in [-0.1, -0.05) is 18.2 Å². The van der Waals surface area contributed by atoms with Crippen molar-refractivity contribution >= 4 is 0 Å². The van der Waals surface area contributed by atoms with Crippen LogP contribution in [-0.2, 0) is 6.54 Å². The Morgan fingerprint density at radius 2 is 1.84 bits per heavy atom. The summed E-state index contributed by atoms with van der Waals surface area (Å²) in [6, 6.07) is 11.9. The van der Waals surface area contributed by atoms with Crippen molar-refractivity contribution in [1.29, 1.82) is 0 Å². The minimum Gasteiger partial charge on any atom is -0.282 e. The van der Waals surface area contributed by atoms with Crippen molar-refractivity contribution in [3.8, 4) is 5.69 Å². The van der Waals surface area contributed by atoms with E-state index in [1.165, 1.54) is 31.4 Å². The van der Waals surface area contributed by atoms with Crippen molar-refractivity contribution in [2.45, 2.75) is 38.1 Å². The SMILES string of the molecule is O=c1cc2n(n1-c1ccccc1)CCCC2C1CC1. The maximum atomic E-state index is 12.3. The fourth-order valence-electron chi connectivity index (χ4n) is 3.44. The van der Waals surface area contributed by atoms with Crippen molar-refractivity contribution in [2.75, 3.05) is 0 Å². The van der Waals surface area contributed by atoms with Crippen LogP contribution in [0.25, 0.3) is 5.69 Å². The molecule has 1 aliphatic heterocycles. The minimum absolute atomic E-state index is 0.119. The summed E-state index contributed by atoms with van der Waals surface area (Å²) >= 11 is 0. The van der Waals surface area contributed by atoms with Crippen LogP contribution in [0.3, 0.4) is 0 Å². The molecule has 3 heteroatoms. The smallest absolute Gasteiger partial charge is 0.271 e. The lowest BCUT2D eigenvalue weighted by Crippen LogP contribution is -2.25. The first-order valence-corrected chi connectivity index (χ1v) is 7.23. The lowest BCUT2D eigenvalue weighted by molar-refractivity contribution is 0.377. The van der Waals surface area contributed by atoms with E-state index < -0.39 is 0 Å². The van der Waals surface area contributed by atoms with Gasteiger partial charge in [-0.3, -0.25) is 9.48 Å². The van der Waals surface area contributed by atoms with Crippen LogP contribution in [0.15, 0.2) is 41.2 Å². The predicted octanol–water partition coefficient (Wildman–Crippen LogP) is 2.93. The standard InChI is InChI=1S/C16H18N2O/c19-16-11-15-14(12-8-9-12)7-4-10-17(15)18(16)13-5-2-1-3-6-13/h1-3,5-6,11-12,14H,4,7-10H2. The van der Waals surface area contributed by atoms with Gasteiger partial charge >= 0.3 is 0 Å². The van der Waals surface area contributed by atoms with Gasteiger partial charge in [-0.25, -0.2) is 4.68 Å². The first kappa shape index (κ1) is 11.1. The van der Waals surface area contributed by atoms with Crippen molar-refractivity contribution < 1.29 is 0 Å². The van der Waals surface area contributed by atoms with Gasteiger partial charge in [0.2, 0.25) is 0 Å². The van der Waals surface area contributed by atoms with E-state index in [9.17, 15) is 4.79 Å². The van der Waals surface area contributed by atoms with Crippen molar-refractivity contribution in [3.63, 3.8) is 0 Å². The van der Waals surface area contributed by atoms with Crippen LogP contribution >= 0.6 is 0 Å². The van der Waals surface area contributed by atoms with Gasteiger partial charge in [0.1, 0.15) is 0 Å². The second-order valence-corrected chi connectivity index (χ2v) is 5.76. The van der Waals surface area contributed by atoms with Gasteiger partial charge < -0.3 is 0 Å². The second-order valence-electron chi connectivity index (χ2n) is 5.76. The third kappa shape index (κ3) is 1.76. The van der Waals surface area contributed by atoms with Crippen LogP contribution in [0.2, 0.25) is 0 Å². The Labute approximate surface area is 112 Å². The Morgan fingerprint density at radius 3 is 2.58 bits per heavy atom. The molecule has 98 valence electrons. The average molecular weight is 254 g/mol. The molecule has 1 saturated carbocycles. The lowest BCUT2D eigenvalue weighted by Gasteiger charge is -2.26. The molecule has 0 saturated heterocycles. The molecule has 1 unspecified atom stereocenters. The fraction of sp³-hybridized carbons (Fsp3) is 0.438. The lowest BCUT2D eigenvalue weighted by atomic mass is 9.91. The predicted molar refractivity (Wildman–Crippen MR) is 74.7 cm³/mol. The molecule has 1 fully saturated rings. The molecule has 1 aromatic heterocycles. The number of fused-ring (bicyclic) bond motifs is 1. The molecule has 2 aliphatic rings. The van der Waals surface area contributed by atoms with Crippen molar-refractivity contribution in [1.82, 2.24) is 9.36 Å². The first-order chi connectivity index (χ1) is 9.34. The number of hydrogen-bond donors (Lipinski definition) is 0. The molecule has 2 heterocycles. The molecule has 19 heavy (non-hydrogen) atoms. The van der Waals surface area contributed by atoms with Crippen LogP contribution in [0, 0.1) is 5.92 Å². The largest absolute Gasteiger partial charge is 0.282 e. The van der Waals surface area contributed by atoms with Gasteiger partial charge in [0.05, 0.1) is 5.69 Å². The molecule has 4 rings (SSSR count). The highest BCUT2D eigenvalue weighted by Gasteiger charge is 2.36. The summed E-state index contributed by atoms with van der Waals surface area (Å²) in [6.45, 7) is 0.968. The normalized spacial score (nSPS) is 22.2. The summed E-state index contributed by atoms with van der Waals surface area (Å²) < 4.78 is 4.06. The number of hydrogen-bond acceptors (Lipinski definition) is 1. The molecule has 1 aromatic carbocycles. The fourth-order valence-corrected chi connectivity index (χ4v) is 3.44. The average Bonchev–Trinajstić information content (AvgIpc) is 3.21. The van der Waals surface area contributed by atoms with E-state index in [-0.39, 0.29) is 5.56 Å². The van der Waals surface area contributed by atoms with Gasteiger partial charge in [0, 0.05) is 24.2 Å². The Balaban J connectivity index is 1.87. The molecule has 1 aliphatic carbocycles. The monoisotopic (exact) mass is 254 g/mol. The van der Waals surface area contributed by atoms with Gasteiger partial charge in [-0.2, -0.15) is 0 Å². The Kier molecular flexibility index (Phi) is 2.40. The summed E-state index contributed by atoms with van der Waals surface area (Å²) in [7, 11) is 0. The van der Waals surface area contributed by atoms with Crippen LogP contribution in [0.4, 0.5) is 0 Å². The Bertz CT molecular complexity index is 649. The van der Waals surface area contributed by atoms with E-state index in [1.807, 2.05) is 41.1 Å². The van der Waals surface area contributed by atoms with E-state index in [0.717, 1.165) is 18.2 Å². The molecular formula is C16H18N2O. The van der Waals surface area contributed by atoms with Gasteiger partial charge in [0.25, 0.3) is 5.56 Å². The number of aromatic nitrogens is 2. The Hall–Kier alpha value is -1.77. The van der Waals surface area contributed by atoms with Crippen molar-refractivity contribution in [2.24, 2.45) is 5.92 Å². The van der Waals surface area contributed by atoms with E-state index in [0.29, 0.717) is 5.92 Å². The van der Waals surface area contributed by atoms with E-state index in [2.05, 4.69) is 4.68 Å². The molecule has 0 radical (unpaired) electrons. The van der Waals surface area contributed by atoms with Gasteiger partial charge in [0.15, 0.2) is 0 Å². The molecule has 2 aromatic rings. The van der Waals surface area contributed by atoms with Crippen LogP contribution in [-0.4, -0.2) is 9.36 Å². The second kappa shape index (κ2) is 4.12. The summed E-state index contributed by atoms with van der Waals surface area (Å²) in [5.41, 5.74) is 2.37. The zero-order valence-corrected chi connectivity index (χ0v) is 11.0. The van der Waals surface area contributed by atoms with Gasteiger partial charge in [-0.05, 0) is 43.7 Å². The first-order valence-electron chi connectivity index (χ1n) is 7.23. The number of rotatable bonds is 2. The van der Waals surface area contributed by atoms with E-state index >= 15 is 0 Å². The van der Waals surface area contributed by atoms with Crippen LogP contribution in [0.5, 0.6) is 0 Å². The van der Waals surface area contributed by atoms with E-state index in [1.54, 1.807) is 0 Å². The molecule has 0 spiro atoms. The summed E-state index contributed by atoms with van der Waals surface area (Å²) in [6.07, 6.45) is 5.13. The topological polar surface area (TPSA) is 26.9 Å². The third-order valence-electron chi connectivity index (χ3n) is 4.48.